The van der Waals surface area contributed by atoms with Gasteiger partial charge in [0.15, 0.2) is 0 Å². The quantitative estimate of drug-likeness (QED) is 0.865. The average Bonchev–Trinajstić information content (AvgIpc) is 3.14. The highest BCUT2D eigenvalue weighted by molar-refractivity contribution is 5.75. The lowest BCUT2D eigenvalue weighted by Crippen LogP contribution is -2.30. The molecule has 0 aromatic carbocycles. The van der Waals surface area contributed by atoms with Gasteiger partial charge in [-0.15, -0.1) is 0 Å². The van der Waals surface area contributed by atoms with E-state index in [9.17, 15) is 4.39 Å². The number of piperidine rings is 1. The van der Waals surface area contributed by atoms with Crippen LogP contribution in [0.15, 0.2) is 24.7 Å². The van der Waals surface area contributed by atoms with E-state index in [1.165, 1.54) is 5.69 Å². The monoisotopic (exact) mass is 360 g/mol. The average molecular weight is 360 g/mol. The van der Waals surface area contributed by atoms with E-state index in [1.54, 1.807) is 7.11 Å². The van der Waals surface area contributed by atoms with Crippen LogP contribution in [0.2, 0.25) is 0 Å². The number of dihydropyridines is 1. The molecule has 1 aromatic rings. The smallest absolute Gasteiger partial charge is 0.147 e. The van der Waals surface area contributed by atoms with E-state index in [1.807, 2.05) is 12.5 Å². The van der Waals surface area contributed by atoms with Gasteiger partial charge in [-0.2, -0.15) is 0 Å². The second kappa shape index (κ2) is 7.92. The lowest BCUT2D eigenvalue weighted by atomic mass is 9.84. The molecule has 6 heteroatoms. The standard InChI is InChI=1S/C20H29FN4O/c1-26-18-12-15(6-11-23-18)20-19(14-2-4-16(21)5-3-14)24-13-25(20)17-7-9-22-10-8-17/h6,11-14,16-18,22-23H,2-5,7-10H2,1H3. The second-order valence-corrected chi connectivity index (χ2v) is 7.59. The number of halogens is 1. The number of rotatable bonds is 4. The zero-order valence-electron chi connectivity index (χ0n) is 15.5. The molecule has 1 aliphatic carbocycles. The van der Waals surface area contributed by atoms with Gasteiger partial charge in [-0.25, -0.2) is 9.37 Å². The lowest BCUT2D eigenvalue weighted by molar-refractivity contribution is 0.124. The Morgan fingerprint density at radius 3 is 2.65 bits per heavy atom. The first-order chi connectivity index (χ1) is 12.8. The SMILES string of the molecule is COC1C=C(c2c(C3CCC(F)CC3)ncn2C2CCNCC2)C=CN1. The normalized spacial score (nSPS) is 30.1. The summed E-state index contributed by atoms with van der Waals surface area (Å²) in [6.45, 7) is 2.09. The van der Waals surface area contributed by atoms with Gasteiger partial charge in [0.05, 0.1) is 17.7 Å². The Balaban J connectivity index is 1.71. The van der Waals surface area contributed by atoms with Crippen LogP contribution in [0.5, 0.6) is 0 Å². The number of ether oxygens (including phenoxy) is 1. The third-order valence-corrected chi connectivity index (χ3v) is 5.95. The van der Waals surface area contributed by atoms with E-state index in [0.717, 1.165) is 50.0 Å². The van der Waals surface area contributed by atoms with Crippen molar-refractivity contribution in [3.63, 3.8) is 0 Å². The molecule has 3 aliphatic rings. The number of nitrogens with zero attached hydrogens (tertiary/aromatic N) is 2. The van der Waals surface area contributed by atoms with Crippen LogP contribution in [-0.2, 0) is 4.74 Å². The predicted octanol–water partition coefficient (Wildman–Crippen LogP) is 3.28. The zero-order valence-corrected chi connectivity index (χ0v) is 15.5. The molecule has 1 saturated carbocycles. The minimum atomic E-state index is -0.642. The fourth-order valence-electron chi connectivity index (χ4n) is 4.45. The Kier molecular flexibility index (Phi) is 5.41. The van der Waals surface area contributed by atoms with E-state index in [-0.39, 0.29) is 6.23 Å². The molecule has 3 heterocycles. The van der Waals surface area contributed by atoms with Crippen molar-refractivity contribution >= 4 is 5.57 Å². The molecule has 26 heavy (non-hydrogen) atoms. The summed E-state index contributed by atoms with van der Waals surface area (Å²) in [5.41, 5.74) is 3.51. The summed E-state index contributed by atoms with van der Waals surface area (Å²) in [7, 11) is 1.71. The van der Waals surface area contributed by atoms with Crippen LogP contribution in [0.25, 0.3) is 5.57 Å². The van der Waals surface area contributed by atoms with Gasteiger partial charge in [0.2, 0.25) is 0 Å². The number of aromatic nitrogens is 2. The number of imidazole rings is 1. The third-order valence-electron chi connectivity index (χ3n) is 5.95. The number of alkyl halides is 1. The molecule has 1 atom stereocenters. The van der Waals surface area contributed by atoms with Gasteiger partial charge in [-0.3, -0.25) is 0 Å². The molecule has 2 fully saturated rings. The Morgan fingerprint density at radius 1 is 1.15 bits per heavy atom. The molecule has 5 nitrogen and oxygen atoms in total. The first-order valence-corrected chi connectivity index (χ1v) is 9.85. The molecule has 2 N–H and O–H groups in total. The maximum Gasteiger partial charge on any atom is 0.147 e. The molecular weight excluding hydrogens is 331 g/mol. The summed E-state index contributed by atoms with van der Waals surface area (Å²) in [6, 6.07) is 0.468. The van der Waals surface area contributed by atoms with Gasteiger partial charge in [0.1, 0.15) is 12.4 Å². The van der Waals surface area contributed by atoms with Gasteiger partial charge >= 0.3 is 0 Å². The minimum Gasteiger partial charge on any atom is -0.363 e. The van der Waals surface area contributed by atoms with Gasteiger partial charge in [0.25, 0.3) is 0 Å². The number of methoxy groups -OCH3 is 1. The first-order valence-electron chi connectivity index (χ1n) is 9.85. The summed E-state index contributed by atoms with van der Waals surface area (Å²) in [6.07, 6.45) is 12.7. The molecule has 0 radical (unpaired) electrons. The van der Waals surface area contributed by atoms with Crippen LogP contribution in [0.4, 0.5) is 4.39 Å². The summed E-state index contributed by atoms with van der Waals surface area (Å²) >= 11 is 0. The van der Waals surface area contributed by atoms with Crippen molar-refractivity contribution in [2.45, 2.75) is 62.9 Å². The molecule has 1 unspecified atom stereocenters. The summed E-state index contributed by atoms with van der Waals surface area (Å²) in [5.74, 6) is 0.352. The van der Waals surface area contributed by atoms with Gasteiger partial charge in [-0.05, 0) is 70.0 Å². The molecule has 4 rings (SSSR count). The Morgan fingerprint density at radius 2 is 1.92 bits per heavy atom. The maximum atomic E-state index is 13.6. The number of allylic oxidation sites excluding steroid dienone is 2. The molecule has 1 aromatic heterocycles. The first kappa shape index (κ1) is 17.7. The van der Waals surface area contributed by atoms with Crippen molar-refractivity contribution in [2.24, 2.45) is 0 Å². The fraction of sp³-hybridized carbons (Fsp3) is 0.650. The summed E-state index contributed by atoms with van der Waals surface area (Å²) in [4.78, 5) is 4.85. The van der Waals surface area contributed by atoms with E-state index < -0.39 is 6.17 Å². The van der Waals surface area contributed by atoms with Crippen LogP contribution in [-0.4, -0.2) is 42.1 Å². The second-order valence-electron chi connectivity index (χ2n) is 7.59. The van der Waals surface area contributed by atoms with Crippen LogP contribution >= 0.6 is 0 Å². The van der Waals surface area contributed by atoms with Crippen molar-refractivity contribution in [3.05, 3.63) is 36.1 Å². The molecule has 1 saturated heterocycles. The van der Waals surface area contributed by atoms with Crippen LogP contribution < -0.4 is 10.6 Å². The number of hydrogen-bond donors (Lipinski definition) is 2. The highest BCUT2D eigenvalue weighted by Gasteiger charge is 2.30. The van der Waals surface area contributed by atoms with Crippen molar-refractivity contribution in [1.29, 1.82) is 0 Å². The Labute approximate surface area is 154 Å². The highest BCUT2D eigenvalue weighted by Crippen LogP contribution is 2.39. The van der Waals surface area contributed by atoms with Gasteiger partial charge in [0, 0.05) is 24.6 Å². The predicted molar refractivity (Wildman–Crippen MR) is 101 cm³/mol. The maximum absolute atomic E-state index is 13.6. The molecule has 0 bridgehead atoms. The van der Waals surface area contributed by atoms with Gasteiger partial charge in [-0.1, -0.05) is 0 Å². The Bertz CT molecular complexity index is 669. The Hall–Kier alpha value is -1.66. The largest absolute Gasteiger partial charge is 0.363 e. The van der Waals surface area contributed by atoms with Crippen LogP contribution in [0.1, 0.15) is 61.9 Å². The molecular formula is C20H29FN4O. The minimum absolute atomic E-state index is 0.124. The number of nitrogens with one attached hydrogen (secondary N) is 2. The van der Waals surface area contributed by atoms with Crippen molar-refractivity contribution in [2.75, 3.05) is 20.2 Å². The fourth-order valence-corrected chi connectivity index (χ4v) is 4.45. The third kappa shape index (κ3) is 3.58. The molecule has 142 valence electrons. The van der Waals surface area contributed by atoms with Crippen molar-refractivity contribution < 1.29 is 9.13 Å². The topological polar surface area (TPSA) is 51.1 Å². The lowest BCUT2D eigenvalue weighted by Gasteiger charge is -2.29. The summed E-state index contributed by atoms with van der Waals surface area (Å²) in [5, 5.41) is 6.64. The van der Waals surface area contributed by atoms with E-state index in [0.29, 0.717) is 24.8 Å². The molecule has 2 aliphatic heterocycles. The van der Waals surface area contributed by atoms with E-state index in [2.05, 4.69) is 27.4 Å². The van der Waals surface area contributed by atoms with Gasteiger partial charge < -0.3 is 19.9 Å². The molecule has 0 amide bonds. The number of hydrogen-bond acceptors (Lipinski definition) is 4. The van der Waals surface area contributed by atoms with Crippen molar-refractivity contribution in [1.82, 2.24) is 20.2 Å². The van der Waals surface area contributed by atoms with E-state index >= 15 is 0 Å². The van der Waals surface area contributed by atoms with Crippen LogP contribution in [0, 0.1) is 0 Å². The summed E-state index contributed by atoms with van der Waals surface area (Å²) < 4.78 is 21.5. The highest BCUT2D eigenvalue weighted by atomic mass is 19.1. The zero-order chi connectivity index (χ0) is 17.9. The van der Waals surface area contributed by atoms with E-state index in [4.69, 9.17) is 9.72 Å². The molecule has 0 spiro atoms. The van der Waals surface area contributed by atoms with Crippen molar-refractivity contribution in [3.8, 4) is 0 Å². The van der Waals surface area contributed by atoms with Crippen LogP contribution in [0.3, 0.4) is 0 Å².